The maximum absolute atomic E-state index is 5.50. The standard InChI is InChI=1S/C52H40N2.CH3.Ni/c1-37(53-51-47(41-25-13-5-14-26-41)33-45(39-21-9-3-10-22-39)34-48(51)42-27-15-6-16-28-42)38(2)54-52-49(43-29-17-7-18-30-43)35-46(40-23-11-4-12-24-40)36-50(52)44-31-19-8-20-32-44;;/h3-36H,1-2H3;1H3;/q;-1;+2. The van der Waals surface area contributed by atoms with Gasteiger partial charge in [0.25, 0.3) is 0 Å². The van der Waals surface area contributed by atoms with Crippen molar-refractivity contribution in [2.45, 2.75) is 13.8 Å². The molecule has 0 aliphatic heterocycles. The van der Waals surface area contributed by atoms with E-state index in [2.05, 4.69) is 220 Å². The molecular formula is C53H43N2Ni+. The fourth-order valence-electron chi connectivity index (χ4n) is 6.95. The third-order valence-corrected chi connectivity index (χ3v) is 9.86. The van der Waals surface area contributed by atoms with Gasteiger partial charge in [-0.05, 0) is 82.6 Å². The number of hydrogen-bond donors (Lipinski definition) is 0. The molecule has 0 saturated carbocycles. The van der Waals surface area contributed by atoms with Gasteiger partial charge in [0.2, 0.25) is 0 Å². The van der Waals surface area contributed by atoms with Crippen molar-refractivity contribution in [3.63, 3.8) is 0 Å². The molecule has 0 heterocycles. The molecule has 0 aliphatic carbocycles. The molecule has 2 nitrogen and oxygen atoms in total. The molecule has 0 aromatic heterocycles. The largest absolute Gasteiger partial charge is 2.00 e. The zero-order chi connectivity index (χ0) is 36.7. The first kappa shape index (κ1) is 39.3. The minimum atomic E-state index is 0. The molecule has 0 N–H and O–H groups in total. The predicted molar refractivity (Wildman–Crippen MR) is 237 cm³/mol. The van der Waals surface area contributed by atoms with Crippen LogP contribution in [0.15, 0.2) is 216 Å². The minimum Gasteiger partial charge on any atom is -0.358 e. The van der Waals surface area contributed by atoms with Crippen LogP contribution in [0.1, 0.15) is 13.8 Å². The monoisotopic (exact) mass is 765 g/mol. The summed E-state index contributed by atoms with van der Waals surface area (Å²) in [6, 6.07) is 72.6. The van der Waals surface area contributed by atoms with Gasteiger partial charge in [-0.15, -0.1) is 0 Å². The summed E-state index contributed by atoms with van der Waals surface area (Å²) in [7, 11) is 0. The van der Waals surface area contributed by atoms with Crippen LogP contribution in [0.25, 0.3) is 66.8 Å². The fourth-order valence-corrected chi connectivity index (χ4v) is 6.95. The van der Waals surface area contributed by atoms with Gasteiger partial charge in [0.15, 0.2) is 0 Å². The van der Waals surface area contributed by atoms with Gasteiger partial charge >= 0.3 is 16.5 Å². The van der Waals surface area contributed by atoms with Crippen LogP contribution in [-0.4, -0.2) is 11.4 Å². The Morgan fingerprint density at radius 1 is 0.286 bits per heavy atom. The Morgan fingerprint density at radius 2 is 0.482 bits per heavy atom. The molecule has 56 heavy (non-hydrogen) atoms. The third-order valence-electron chi connectivity index (χ3n) is 9.86. The molecule has 3 heteroatoms. The molecule has 0 atom stereocenters. The van der Waals surface area contributed by atoms with Crippen LogP contribution < -0.4 is 0 Å². The van der Waals surface area contributed by atoms with E-state index in [4.69, 9.17) is 9.98 Å². The van der Waals surface area contributed by atoms with Crippen molar-refractivity contribution >= 4 is 22.8 Å². The third kappa shape index (κ3) is 8.60. The Kier molecular flexibility index (Phi) is 12.8. The number of nitrogens with zero attached hydrogens (tertiary/aromatic N) is 2. The van der Waals surface area contributed by atoms with Crippen molar-refractivity contribution in [2.24, 2.45) is 9.98 Å². The van der Waals surface area contributed by atoms with Crippen molar-refractivity contribution in [1.29, 1.82) is 0 Å². The average molecular weight is 767 g/mol. The quantitative estimate of drug-likeness (QED) is 0.0794. The summed E-state index contributed by atoms with van der Waals surface area (Å²) in [6.45, 7) is 4.16. The summed E-state index contributed by atoms with van der Waals surface area (Å²) in [6.07, 6.45) is 0. The van der Waals surface area contributed by atoms with E-state index in [9.17, 15) is 0 Å². The fraction of sp³-hybridized carbons (Fsp3) is 0.0377. The van der Waals surface area contributed by atoms with Crippen LogP contribution in [-0.2, 0) is 16.5 Å². The Labute approximate surface area is 341 Å². The normalized spacial score (nSPS) is 11.3. The second-order valence-corrected chi connectivity index (χ2v) is 13.4. The molecule has 8 aromatic carbocycles. The summed E-state index contributed by atoms with van der Waals surface area (Å²) >= 11 is 0. The van der Waals surface area contributed by atoms with Gasteiger partial charge in [0.1, 0.15) is 0 Å². The Morgan fingerprint density at radius 3 is 0.696 bits per heavy atom. The second kappa shape index (κ2) is 18.3. The van der Waals surface area contributed by atoms with Gasteiger partial charge in [0, 0.05) is 22.3 Å². The number of hydrogen-bond acceptors (Lipinski definition) is 2. The van der Waals surface area contributed by atoms with Gasteiger partial charge in [0.05, 0.1) is 22.8 Å². The van der Waals surface area contributed by atoms with E-state index in [0.29, 0.717) is 0 Å². The van der Waals surface area contributed by atoms with E-state index in [1.807, 2.05) is 0 Å². The molecule has 0 unspecified atom stereocenters. The molecular weight excluding hydrogens is 723 g/mol. The first-order valence-electron chi connectivity index (χ1n) is 18.4. The van der Waals surface area contributed by atoms with E-state index < -0.39 is 0 Å². The van der Waals surface area contributed by atoms with Gasteiger partial charge in [-0.1, -0.05) is 182 Å². The van der Waals surface area contributed by atoms with Crippen LogP contribution in [0.4, 0.5) is 11.4 Å². The Hall–Kier alpha value is -6.41. The first-order valence-corrected chi connectivity index (χ1v) is 18.4. The molecule has 8 aromatic rings. The average Bonchev–Trinajstić information content (AvgIpc) is 3.25. The number of benzene rings is 8. The van der Waals surface area contributed by atoms with Crippen molar-refractivity contribution in [1.82, 2.24) is 0 Å². The Balaban J connectivity index is 0.00000266. The smallest absolute Gasteiger partial charge is 0.358 e. The molecule has 0 fully saturated rings. The molecule has 0 bridgehead atoms. The number of rotatable bonds is 9. The second-order valence-electron chi connectivity index (χ2n) is 13.4. The van der Waals surface area contributed by atoms with Crippen LogP contribution in [0.3, 0.4) is 0 Å². The number of aliphatic imine (C=N–C) groups is 2. The molecule has 0 spiro atoms. The van der Waals surface area contributed by atoms with Crippen molar-refractivity contribution in [3.8, 4) is 66.8 Å². The van der Waals surface area contributed by atoms with Crippen molar-refractivity contribution in [2.75, 3.05) is 0 Å². The maximum Gasteiger partial charge on any atom is 2.00 e. The first-order chi connectivity index (χ1) is 26.6. The summed E-state index contributed by atoms with van der Waals surface area (Å²) in [4.78, 5) is 11.0. The molecule has 0 radical (unpaired) electrons. The minimum absolute atomic E-state index is 0. The SMILES string of the molecule is CC(=Nc1c(-c2ccccc2)cc(-c2ccccc2)cc1-c1ccccc1)C(C)=Nc1c(-c2ccccc2)cc(-c2ccccc2)cc1-c1ccccc1.[CH3-].[Ni+2]. The zero-order valence-corrected chi connectivity index (χ0v) is 32.8. The van der Waals surface area contributed by atoms with E-state index in [0.717, 1.165) is 89.6 Å². The molecule has 0 aliphatic rings. The predicted octanol–water partition coefficient (Wildman–Crippen LogP) is 15.0. The topological polar surface area (TPSA) is 24.7 Å². The summed E-state index contributed by atoms with van der Waals surface area (Å²) < 4.78 is 0. The van der Waals surface area contributed by atoms with Crippen LogP contribution >= 0.6 is 0 Å². The zero-order valence-electron chi connectivity index (χ0n) is 31.8. The molecule has 0 amide bonds. The van der Waals surface area contributed by atoms with Gasteiger partial charge in [-0.2, -0.15) is 0 Å². The summed E-state index contributed by atoms with van der Waals surface area (Å²) in [5.74, 6) is 0. The van der Waals surface area contributed by atoms with Crippen molar-refractivity contribution in [3.05, 3.63) is 214 Å². The molecule has 0 saturated heterocycles. The van der Waals surface area contributed by atoms with Gasteiger partial charge in [-0.25, -0.2) is 0 Å². The van der Waals surface area contributed by atoms with E-state index in [1.54, 1.807) is 0 Å². The van der Waals surface area contributed by atoms with E-state index in [-0.39, 0.29) is 23.9 Å². The van der Waals surface area contributed by atoms with E-state index in [1.165, 1.54) is 0 Å². The van der Waals surface area contributed by atoms with Crippen LogP contribution in [0, 0.1) is 7.43 Å². The van der Waals surface area contributed by atoms with Crippen molar-refractivity contribution < 1.29 is 16.5 Å². The Bertz CT molecular complexity index is 2260. The summed E-state index contributed by atoms with van der Waals surface area (Å²) in [5.41, 5.74) is 16.9. The van der Waals surface area contributed by atoms with Gasteiger partial charge in [-0.3, -0.25) is 9.98 Å². The van der Waals surface area contributed by atoms with Gasteiger partial charge < -0.3 is 7.43 Å². The maximum atomic E-state index is 5.50. The molecule has 8 rings (SSSR count). The van der Waals surface area contributed by atoms with E-state index >= 15 is 0 Å². The summed E-state index contributed by atoms with van der Waals surface area (Å²) in [5, 5.41) is 0. The van der Waals surface area contributed by atoms with Crippen LogP contribution in [0.2, 0.25) is 0 Å². The van der Waals surface area contributed by atoms with Crippen LogP contribution in [0.5, 0.6) is 0 Å². The molecule has 274 valence electrons.